The Morgan fingerprint density at radius 2 is 1.55 bits per heavy atom. The van der Waals surface area contributed by atoms with Crippen molar-refractivity contribution in [1.29, 1.82) is 0 Å². The van der Waals surface area contributed by atoms with Crippen LogP contribution in [0.2, 0.25) is 0 Å². The van der Waals surface area contributed by atoms with Gasteiger partial charge in [-0.25, -0.2) is 4.79 Å². The van der Waals surface area contributed by atoms with Gasteiger partial charge in [-0.2, -0.15) is 0 Å². The molecule has 9 heteroatoms. The molecule has 4 rings (SSSR count). The van der Waals surface area contributed by atoms with E-state index in [0.29, 0.717) is 40.7 Å². The predicted octanol–water partition coefficient (Wildman–Crippen LogP) is 6.18. The van der Waals surface area contributed by atoms with E-state index in [4.69, 9.17) is 14.2 Å². The van der Waals surface area contributed by atoms with Crippen molar-refractivity contribution in [3.8, 4) is 23.0 Å². The Morgan fingerprint density at radius 3 is 2.25 bits per heavy atom. The fraction of sp³-hybridized carbons (Fsp3) is 0.355. The molecular weight excluding hydrogens is 508 g/mol. The minimum atomic E-state index is -0.258. The summed E-state index contributed by atoms with van der Waals surface area (Å²) < 4.78 is 17.5. The largest absolute Gasteiger partial charge is 0.493 e. The number of unbranched alkanes of at least 4 members (excludes halogenated alkanes) is 2. The van der Waals surface area contributed by atoms with Gasteiger partial charge >= 0.3 is 6.03 Å². The maximum Gasteiger partial charge on any atom is 0.319 e. The minimum absolute atomic E-state index is 0.207. The Kier molecular flexibility index (Phi) is 10.6. The number of carbonyl (C=O) groups is 2. The number of piperidine rings is 1. The number of ether oxygens (including phenoxy) is 3. The smallest absolute Gasteiger partial charge is 0.319 e. The molecule has 1 heterocycles. The third-order valence-corrected chi connectivity index (χ3v) is 6.53. The zero-order valence-electron chi connectivity index (χ0n) is 23.1. The zero-order valence-corrected chi connectivity index (χ0v) is 23.1. The molecule has 3 aromatic rings. The van der Waals surface area contributed by atoms with Gasteiger partial charge in [0, 0.05) is 29.5 Å². The van der Waals surface area contributed by atoms with Crippen LogP contribution in [0.3, 0.4) is 0 Å². The molecule has 4 N–H and O–H groups in total. The summed E-state index contributed by atoms with van der Waals surface area (Å²) in [7, 11) is 1.54. The Hall–Kier alpha value is -4.24. The van der Waals surface area contributed by atoms with Crippen molar-refractivity contribution in [2.45, 2.75) is 45.1 Å². The van der Waals surface area contributed by atoms with Crippen molar-refractivity contribution in [2.75, 3.05) is 37.4 Å². The second-order valence-electron chi connectivity index (χ2n) is 9.63. The first-order valence-corrected chi connectivity index (χ1v) is 13.8. The highest BCUT2D eigenvalue weighted by atomic mass is 16.5. The number of carbonyl (C=O) groups excluding carboxylic acids is 2. The molecular formula is C31H38N4O5. The number of hydrogen-bond donors (Lipinski definition) is 4. The van der Waals surface area contributed by atoms with Gasteiger partial charge in [-0.05, 0) is 93.0 Å². The first kappa shape index (κ1) is 28.8. The number of amides is 3. The number of anilines is 2. The molecule has 0 atom stereocenters. The van der Waals surface area contributed by atoms with Crippen LogP contribution in [0.25, 0.3) is 0 Å². The SMILES string of the molecule is CCCCCNC(=O)Nc1ccc(Oc2ccc(NC(=O)c3ccc(OC4CCNCC4)cc3)cc2)c(OC)c1. The topological polar surface area (TPSA) is 110 Å². The van der Waals surface area contributed by atoms with E-state index >= 15 is 0 Å². The quantitative estimate of drug-likeness (QED) is 0.202. The van der Waals surface area contributed by atoms with Crippen LogP contribution in [0.1, 0.15) is 49.4 Å². The fourth-order valence-electron chi connectivity index (χ4n) is 4.31. The monoisotopic (exact) mass is 546 g/mol. The van der Waals surface area contributed by atoms with Crippen molar-refractivity contribution >= 4 is 23.3 Å². The Balaban J connectivity index is 1.29. The van der Waals surface area contributed by atoms with Gasteiger partial charge < -0.3 is 35.5 Å². The average Bonchev–Trinajstić information content (AvgIpc) is 2.98. The summed E-state index contributed by atoms with van der Waals surface area (Å²) in [5.74, 6) is 2.12. The summed E-state index contributed by atoms with van der Waals surface area (Å²) in [5.41, 5.74) is 1.79. The van der Waals surface area contributed by atoms with E-state index in [1.165, 1.54) is 0 Å². The third kappa shape index (κ3) is 8.64. The van der Waals surface area contributed by atoms with Crippen molar-refractivity contribution in [2.24, 2.45) is 0 Å². The number of hydrogen-bond acceptors (Lipinski definition) is 6. The summed E-state index contributed by atoms with van der Waals surface area (Å²) in [6, 6.07) is 19.2. The zero-order chi connectivity index (χ0) is 28.2. The number of urea groups is 1. The second kappa shape index (κ2) is 14.8. The van der Waals surface area contributed by atoms with E-state index < -0.39 is 0 Å². The van der Waals surface area contributed by atoms with Gasteiger partial charge in [0.15, 0.2) is 11.5 Å². The van der Waals surface area contributed by atoms with E-state index in [2.05, 4.69) is 28.2 Å². The van der Waals surface area contributed by atoms with Crippen molar-refractivity contribution < 1.29 is 23.8 Å². The van der Waals surface area contributed by atoms with Crippen LogP contribution < -0.4 is 35.5 Å². The first-order valence-electron chi connectivity index (χ1n) is 13.8. The lowest BCUT2D eigenvalue weighted by molar-refractivity contribution is 0.102. The predicted molar refractivity (Wildman–Crippen MR) is 157 cm³/mol. The van der Waals surface area contributed by atoms with Gasteiger partial charge in [-0.1, -0.05) is 19.8 Å². The standard InChI is InChI=1S/C31H38N4O5/c1-3-4-5-18-33-31(37)35-24-10-15-28(29(21-24)38-2)40-26-13-8-23(9-14-26)34-30(36)22-6-11-25(12-7-22)39-27-16-19-32-20-17-27/h6-15,21,27,32H,3-5,16-20H2,1-2H3,(H,34,36)(H2,33,35,37). The lowest BCUT2D eigenvalue weighted by Crippen LogP contribution is -2.34. The number of nitrogens with one attached hydrogen (secondary N) is 4. The van der Waals surface area contributed by atoms with E-state index in [9.17, 15) is 9.59 Å². The van der Waals surface area contributed by atoms with Crippen molar-refractivity contribution in [3.63, 3.8) is 0 Å². The fourth-order valence-corrected chi connectivity index (χ4v) is 4.31. The normalized spacial score (nSPS) is 13.2. The molecule has 1 aliphatic rings. The molecule has 3 aromatic carbocycles. The van der Waals surface area contributed by atoms with E-state index in [0.717, 1.165) is 50.9 Å². The van der Waals surface area contributed by atoms with Crippen LogP contribution in [-0.2, 0) is 0 Å². The van der Waals surface area contributed by atoms with Crippen molar-refractivity contribution in [1.82, 2.24) is 10.6 Å². The highest BCUT2D eigenvalue weighted by molar-refractivity contribution is 6.04. The number of rotatable bonds is 12. The molecule has 0 unspecified atom stereocenters. The summed E-state index contributed by atoms with van der Waals surface area (Å²) >= 11 is 0. The molecule has 0 saturated carbocycles. The molecule has 0 aromatic heterocycles. The van der Waals surface area contributed by atoms with Gasteiger partial charge in [0.05, 0.1) is 7.11 Å². The Labute approximate surface area is 235 Å². The van der Waals surface area contributed by atoms with Gasteiger partial charge in [0.1, 0.15) is 17.6 Å². The summed E-state index contributed by atoms with van der Waals surface area (Å²) in [6.45, 7) is 4.68. The Morgan fingerprint density at radius 1 is 0.850 bits per heavy atom. The Bertz CT molecular complexity index is 1240. The molecule has 3 amide bonds. The summed E-state index contributed by atoms with van der Waals surface area (Å²) in [6.07, 6.45) is 5.30. The van der Waals surface area contributed by atoms with Crippen LogP contribution >= 0.6 is 0 Å². The van der Waals surface area contributed by atoms with Crippen LogP contribution in [0.4, 0.5) is 16.2 Å². The van der Waals surface area contributed by atoms with Crippen LogP contribution in [0, 0.1) is 0 Å². The van der Waals surface area contributed by atoms with E-state index in [-0.39, 0.29) is 18.0 Å². The highest BCUT2D eigenvalue weighted by Gasteiger charge is 2.15. The van der Waals surface area contributed by atoms with Crippen LogP contribution in [0.5, 0.6) is 23.0 Å². The number of methoxy groups -OCH3 is 1. The lowest BCUT2D eigenvalue weighted by Gasteiger charge is -2.23. The lowest BCUT2D eigenvalue weighted by atomic mass is 10.1. The first-order chi connectivity index (χ1) is 19.5. The third-order valence-electron chi connectivity index (χ3n) is 6.53. The van der Waals surface area contributed by atoms with Crippen LogP contribution in [0.15, 0.2) is 66.7 Å². The second-order valence-corrected chi connectivity index (χ2v) is 9.63. The average molecular weight is 547 g/mol. The minimum Gasteiger partial charge on any atom is -0.493 e. The van der Waals surface area contributed by atoms with Gasteiger partial charge in [0.25, 0.3) is 5.91 Å². The molecule has 0 spiro atoms. The molecule has 1 fully saturated rings. The summed E-state index contributed by atoms with van der Waals surface area (Å²) in [5, 5.41) is 11.9. The molecule has 0 radical (unpaired) electrons. The van der Waals surface area contributed by atoms with Crippen molar-refractivity contribution in [3.05, 3.63) is 72.3 Å². The maximum atomic E-state index is 12.7. The number of benzene rings is 3. The molecule has 212 valence electrons. The molecule has 0 aliphatic carbocycles. The van der Waals surface area contributed by atoms with Crippen LogP contribution in [-0.4, -0.2) is 44.8 Å². The van der Waals surface area contributed by atoms with Gasteiger partial charge in [0.2, 0.25) is 0 Å². The maximum absolute atomic E-state index is 12.7. The molecule has 0 bridgehead atoms. The molecule has 9 nitrogen and oxygen atoms in total. The molecule has 1 aliphatic heterocycles. The van der Waals surface area contributed by atoms with E-state index in [1.54, 1.807) is 61.7 Å². The summed E-state index contributed by atoms with van der Waals surface area (Å²) in [4.78, 5) is 24.8. The van der Waals surface area contributed by atoms with Gasteiger partial charge in [-0.15, -0.1) is 0 Å². The molecule has 1 saturated heterocycles. The molecule has 40 heavy (non-hydrogen) atoms. The van der Waals surface area contributed by atoms with E-state index in [1.807, 2.05) is 12.1 Å². The van der Waals surface area contributed by atoms with Gasteiger partial charge in [-0.3, -0.25) is 4.79 Å². The highest BCUT2D eigenvalue weighted by Crippen LogP contribution is 2.34.